The molecule has 2 heterocycles. The molecule has 2 aromatic rings. The number of nitrogens with zero attached hydrogens (tertiary/aromatic N) is 2. The van der Waals surface area contributed by atoms with Gasteiger partial charge in [-0.3, -0.25) is 4.79 Å². The van der Waals surface area contributed by atoms with Crippen LogP contribution in [-0.4, -0.2) is 22.0 Å². The molecular formula is C13H15N3O3. The van der Waals surface area contributed by atoms with E-state index in [0.29, 0.717) is 23.7 Å². The van der Waals surface area contributed by atoms with Crippen molar-refractivity contribution in [3.63, 3.8) is 0 Å². The van der Waals surface area contributed by atoms with Crippen LogP contribution in [0.2, 0.25) is 0 Å². The fourth-order valence-corrected chi connectivity index (χ4v) is 2.19. The summed E-state index contributed by atoms with van der Waals surface area (Å²) >= 11 is 0. The van der Waals surface area contributed by atoms with Gasteiger partial charge in [-0.25, -0.2) is 14.3 Å². The number of rotatable bonds is 4. The fraction of sp³-hybridized carbons (Fsp3) is 0.462. The van der Waals surface area contributed by atoms with Gasteiger partial charge in [-0.1, -0.05) is 6.42 Å². The largest absolute Gasteiger partial charge is 0.421 e. The van der Waals surface area contributed by atoms with Crippen LogP contribution in [0.1, 0.15) is 19.3 Å². The highest BCUT2D eigenvalue weighted by molar-refractivity contribution is 5.78. The molecule has 1 N–H and O–H groups in total. The molecule has 0 aromatic carbocycles. The molecule has 1 saturated carbocycles. The lowest BCUT2D eigenvalue weighted by atomic mass is 9.85. The number of hydrogen-bond acceptors (Lipinski definition) is 4. The Morgan fingerprint density at radius 2 is 2.37 bits per heavy atom. The zero-order valence-corrected chi connectivity index (χ0v) is 10.5. The molecule has 0 saturated heterocycles. The second-order valence-corrected chi connectivity index (χ2v) is 4.88. The summed E-state index contributed by atoms with van der Waals surface area (Å²) in [5, 5.41) is 2.85. The summed E-state index contributed by atoms with van der Waals surface area (Å²) in [5.74, 6) is -0.130. The number of amides is 1. The maximum atomic E-state index is 11.8. The molecule has 1 aliphatic carbocycles. The van der Waals surface area contributed by atoms with Gasteiger partial charge in [-0.2, -0.15) is 0 Å². The Kier molecular flexibility index (Phi) is 3.06. The summed E-state index contributed by atoms with van der Waals surface area (Å²) in [6.07, 6.45) is 5.17. The summed E-state index contributed by atoms with van der Waals surface area (Å²) in [6.45, 7) is 0.645. The van der Waals surface area contributed by atoms with Crippen LogP contribution in [0, 0.1) is 5.92 Å². The normalized spacial score (nSPS) is 15.4. The molecular weight excluding hydrogens is 246 g/mol. The Balaban J connectivity index is 1.71. The Hall–Kier alpha value is -2.11. The van der Waals surface area contributed by atoms with E-state index in [2.05, 4.69) is 10.3 Å². The summed E-state index contributed by atoms with van der Waals surface area (Å²) in [6, 6.07) is 3.35. The molecule has 6 nitrogen and oxygen atoms in total. The van der Waals surface area contributed by atoms with Crippen LogP contribution >= 0.6 is 0 Å². The van der Waals surface area contributed by atoms with E-state index < -0.39 is 5.76 Å². The van der Waals surface area contributed by atoms with Gasteiger partial charge in [0.15, 0.2) is 11.2 Å². The van der Waals surface area contributed by atoms with Crippen molar-refractivity contribution < 1.29 is 9.21 Å². The molecule has 1 aliphatic rings. The molecule has 0 unspecified atom stereocenters. The van der Waals surface area contributed by atoms with Crippen LogP contribution in [-0.2, 0) is 11.3 Å². The van der Waals surface area contributed by atoms with Gasteiger partial charge in [0.25, 0.3) is 0 Å². The van der Waals surface area contributed by atoms with E-state index in [9.17, 15) is 9.59 Å². The predicted octanol–water partition coefficient (Wildman–Crippen LogP) is 0.906. The Morgan fingerprint density at radius 3 is 3.11 bits per heavy atom. The van der Waals surface area contributed by atoms with E-state index in [4.69, 9.17) is 4.42 Å². The number of nitrogens with one attached hydrogen (secondary N) is 1. The molecule has 0 bridgehead atoms. The first kappa shape index (κ1) is 12.0. The van der Waals surface area contributed by atoms with Crippen LogP contribution in [0.4, 0.5) is 0 Å². The summed E-state index contributed by atoms with van der Waals surface area (Å²) < 4.78 is 6.28. The minimum absolute atomic E-state index is 0.0461. The molecule has 0 aliphatic heterocycles. The maximum absolute atomic E-state index is 11.8. The van der Waals surface area contributed by atoms with E-state index >= 15 is 0 Å². The number of carbonyl (C=O) groups excluding carboxylic acids is 1. The van der Waals surface area contributed by atoms with Gasteiger partial charge in [0, 0.05) is 12.7 Å². The molecule has 6 heteroatoms. The average Bonchev–Trinajstić information content (AvgIpc) is 2.64. The molecule has 3 rings (SSSR count). The van der Waals surface area contributed by atoms with Gasteiger partial charge >= 0.3 is 5.76 Å². The first-order valence-electron chi connectivity index (χ1n) is 6.45. The van der Waals surface area contributed by atoms with Crippen LogP contribution in [0.5, 0.6) is 0 Å². The summed E-state index contributed by atoms with van der Waals surface area (Å²) in [4.78, 5) is 27.5. The third kappa shape index (κ3) is 2.38. The standard InChI is InChI=1S/C13H15N3O3/c17-11(15-7-9-3-1-4-9)8-16-12-10(19-13(16)18)5-2-6-14-12/h2,5-6,9H,1,3-4,7-8H2,(H,15,17). The lowest BCUT2D eigenvalue weighted by Crippen LogP contribution is -2.35. The van der Waals surface area contributed by atoms with E-state index in [1.165, 1.54) is 23.8 Å². The first-order chi connectivity index (χ1) is 9.24. The van der Waals surface area contributed by atoms with Crippen LogP contribution in [0.25, 0.3) is 11.2 Å². The highest BCUT2D eigenvalue weighted by Gasteiger charge is 2.19. The third-order valence-corrected chi connectivity index (χ3v) is 3.54. The molecule has 0 radical (unpaired) electrons. The Morgan fingerprint density at radius 1 is 1.53 bits per heavy atom. The minimum Gasteiger partial charge on any atom is -0.406 e. The molecule has 0 spiro atoms. The van der Waals surface area contributed by atoms with Crippen molar-refractivity contribution in [1.29, 1.82) is 0 Å². The highest BCUT2D eigenvalue weighted by atomic mass is 16.4. The Labute approximate surface area is 109 Å². The quantitative estimate of drug-likeness (QED) is 0.887. The summed E-state index contributed by atoms with van der Waals surface area (Å²) in [7, 11) is 0. The number of aromatic nitrogens is 2. The van der Waals surface area contributed by atoms with Gasteiger partial charge in [-0.15, -0.1) is 0 Å². The van der Waals surface area contributed by atoms with Crippen molar-refractivity contribution in [3.05, 3.63) is 28.9 Å². The van der Waals surface area contributed by atoms with Crippen molar-refractivity contribution in [2.24, 2.45) is 5.92 Å². The van der Waals surface area contributed by atoms with E-state index in [0.717, 1.165) is 0 Å². The van der Waals surface area contributed by atoms with Crippen molar-refractivity contribution in [3.8, 4) is 0 Å². The number of pyridine rings is 1. The molecule has 1 amide bonds. The van der Waals surface area contributed by atoms with Gasteiger partial charge in [0.1, 0.15) is 6.54 Å². The maximum Gasteiger partial charge on any atom is 0.421 e. The third-order valence-electron chi connectivity index (χ3n) is 3.54. The van der Waals surface area contributed by atoms with Crippen molar-refractivity contribution in [1.82, 2.24) is 14.9 Å². The summed E-state index contributed by atoms with van der Waals surface area (Å²) in [5.41, 5.74) is 0.811. The number of carbonyl (C=O) groups is 1. The fourth-order valence-electron chi connectivity index (χ4n) is 2.19. The lowest BCUT2D eigenvalue weighted by molar-refractivity contribution is -0.122. The highest BCUT2D eigenvalue weighted by Crippen LogP contribution is 2.25. The van der Waals surface area contributed by atoms with E-state index in [1.54, 1.807) is 18.3 Å². The van der Waals surface area contributed by atoms with Gasteiger partial charge < -0.3 is 9.73 Å². The first-order valence-corrected chi connectivity index (χ1v) is 6.45. The molecule has 0 atom stereocenters. The van der Waals surface area contributed by atoms with Gasteiger partial charge in [0.05, 0.1) is 0 Å². The molecule has 1 fully saturated rings. The average molecular weight is 261 g/mol. The van der Waals surface area contributed by atoms with Crippen LogP contribution < -0.4 is 11.1 Å². The predicted molar refractivity (Wildman–Crippen MR) is 68.6 cm³/mol. The van der Waals surface area contributed by atoms with E-state index in [-0.39, 0.29) is 12.5 Å². The monoisotopic (exact) mass is 261 g/mol. The Bertz CT molecular complexity index is 654. The van der Waals surface area contributed by atoms with E-state index in [1.807, 2.05) is 0 Å². The second kappa shape index (κ2) is 4.87. The minimum atomic E-state index is -0.549. The van der Waals surface area contributed by atoms with Gasteiger partial charge in [-0.05, 0) is 30.9 Å². The topological polar surface area (TPSA) is 77.1 Å². The van der Waals surface area contributed by atoms with Gasteiger partial charge in [0.2, 0.25) is 5.91 Å². The van der Waals surface area contributed by atoms with Crippen LogP contribution in [0.3, 0.4) is 0 Å². The lowest BCUT2D eigenvalue weighted by Gasteiger charge is -2.25. The van der Waals surface area contributed by atoms with Crippen molar-refractivity contribution in [2.75, 3.05) is 6.54 Å². The zero-order valence-electron chi connectivity index (χ0n) is 10.5. The molecule has 19 heavy (non-hydrogen) atoms. The van der Waals surface area contributed by atoms with Crippen molar-refractivity contribution >= 4 is 17.1 Å². The molecule has 2 aromatic heterocycles. The second-order valence-electron chi connectivity index (χ2n) is 4.88. The van der Waals surface area contributed by atoms with Crippen molar-refractivity contribution in [2.45, 2.75) is 25.8 Å². The number of oxazole rings is 1. The SMILES string of the molecule is O=C(Cn1c(=O)oc2cccnc21)NCC1CCC1. The zero-order chi connectivity index (χ0) is 13.2. The smallest absolute Gasteiger partial charge is 0.406 e. The van der Waals surface area contributed by atoms with Crippen LogP contribution in [0.15, 0.2) is 27.5 Å². The number of hydrogen-bond donors (Lipinski definition) is 1. The number of fused-ring (bicyclic) bond motifs is 1. The molecule has 100 valence electrons.